The number of benzene rings is 2. The lowest BCUT2D eigenvalue weighted by Crippen LogP contribution is -2.51. The second-order valence-electron chi connectivity index (χ2n) is 5.48. The van der Waals surface area contributed by atoms with E-state index in [0.717, 1.165) is 34.1 Å². The number of amides is 1. The number of carbonyl (C=O) groups excluding carboxylic acids is 1. The quantitative estimate of drug-likeness (QED) is 0.448. The van der Waals surface area contributed by atoms with E-state index in [-0.39, 0.29) is 5.56 Å². The van der Waals surface area contributed by atoms with Gasteiger partial charge in [-0.25, -0.2) is 10.9 Å². The Morgan fingerprint density at radius 2 is 1.88 bits per heavy atom. The van der Waals surface area contributed by atoms with Crippen molar-refractivity contribution in [2.45, 2.75) is 19.4 Å². The second kappa shape index (κ2) is 5.72. The molecule has 0 saturated carbocycles. The molecule has 1 amide bonds. The zero-order valence-corrected chi connectivity index (χ0v) is 12.7. The topological polar surface area (TPSA) is 70.4 Å². The van der Waals surface area contributed by atoms with E-state index in [1.807, 2.05) is 25.1 Å². The number of para-hydroxylation sites is 1. The van der Waals surface area contributed by atoms with Gasteiger partial charge in [-0.05, 0) is 36.8 Å². The highest BCUT2D eigenvalue weighted by atomic mass is 19.4. The highest BCUT2D eigenvalue weighted by Gasteiger charge is 2.32. The molecule has 5 nitrogen and oxygen atoms in total. The number of hydrazine groups is 1. The fourth-order valence-electron chi connectivity index (χ4n) is 2.53. The maximum absolute atomic E-state index is 12.8. The first-order valence-corrected chi connectivity index (χ1v) is 7.15. The van der Waals surface area contributed by atoms with Crippen LogP contribution >= 0.6 is 0 Å². The number of nitrogens with zero attached hydrogens (tertiary/aromatic N) is 1. The average Bonchev–Trinajstić information content (AvgIpc) is 2.98. The van der Waals surface area contributed by atoms with E-state index in [9.17, 15) is 18.0 Å². The third kappa shape index (κ3) is 2.88. The first-order chi connectivity index (χ1) is 11.3. The van der Waals surface area contributed by atoms with E-state index < -0.39 is 23.9 Å². The van der Waals surface area contributed by atoms with E-state index in [2.05, 4.69) is 10.6 Å². The first-order valence-electron chi connectivity index (χ1n) is 7.15. The normalized spacial score (nSPS) is 16.1. The van der Waals surface area contributed by atoms with E-state index in [4.69, 9.17) is 5.84 Å². The lowest BCUT2D eigenvalue weighted by Gasteiger charge is -2.24. The van der Waals surface area contributed by atoms with Gasteiger partial charge in [-0.1, -0.05) is 18.2 Å². The van der Waals surface area contributed by atoms with E-state index >= 15 is 0 Å². The highest BCUT2D eigenvalue weighted by molar-refractivity contribution is 5.95. The average molecular weight is 336 g/mol. The zero-order chi connectivity index (χ0) is 17.5. The van der Waals surface area contributed by atoms with Crippen LogP contribution < -0.4 is 16.5 Å². The lowest BCUT2D eigenvalue weighted by molar-refractivity contribution is -0.137. The number of halogens is 3. The number of fused-ring (bicyclic) bond motifs is 1. The van der Waals surface area contributed by atoms with Crippen LogP contribution in [-0.4, -0.2) is 17.2 Å². The first kappa shape index (κ1) is 16.1. The Morgan fingerprint density at radius 1 is 1.17 bits per heavy atom. The lowest BCUT2D eigenvalue weighted by atomic mass is 10.1. The summed E-state index contributed by atoms with van der Waals surface area (Å²) in [6.45, 7) is 1.89. The molecule has 8 heteroatoms. The molecule has 2 aromatic rings. The monoisotopic (exact) mass is 336 g/mol. The summed E-state index contributed by atoms with van der Waals surface area (Å²) in [5.74, 6) is 5.10. The van der Waals surface area contributed by atoms with Crippen molar-refractivity contribution in [2.24, 2.45) is 5.84 Å². The molecule has 0 aliphatic carbocycles. The van der Waals surface area contributed by atoms with Gasteiger partial charge in [-0.15, -0.1) is 0 Å². The van der Waals surface area contributed by atoms with Crippen LogP contribution in [0.4, 0.5) is 24.5 Å². The van der Waals surface area contributed by atoms with Gasteiger partial charge in [0.2, 0.25) is 0 Å². The van der Waals surface area contributed by atoms with Gasteiger partial charge < -0.3 is 10.6 Å². The van der Waals surface area contributed by atoms with Crippen molar-refractivity contribution >= 4 is 17.3 Å². The van der Waals surface area contributed by atoms with Gasteiger partial charge >= 0.3 is 6.18 Å². The number of aryl methyl sites for hydroxylation is 1. The molecule has 0 bridgehead atoms. The van der Waals surface area contributed by atoms with Crippen molar-refractivity contribution in [3.8, 4) is 0 Å². The van der Waals surface area contributed by atoms with Gasteiger partial charge in [-0.2, -0.15) is 13.2 Å². The number of carbonyl (C=O) groups is 1. The van der Waals surface area contributed by atoms with Crippen molar-refractivity contribution < 1.29 is 18.0 Å². The number of nitrogens with one attached hydrogen (secondary N) is 2. The van der Waals surface area contributed by atoms with E-state index in [1.54, 1.807) is 0 Å². The third-order valence-corrected chi connectivity index (χ3v) is 3.80. The highest BCUT2D eigenvalue weighted by Crippen LogP contribution is 2.33. The summed E-state index contributed by atoms with van der Waals surface area (Å²) >= 11 is 0. The molecule has 1 aliphatic heterocycles. The second-order valence-corrected chi connectivity index (χ2v) is 5.48. The van der Waals surface area contributed by atoms with Crippen LogP contribution in [0.5, 0.6) is 0 Å². The summed E-state index contributed by atoms with van der Waals surface area (Å²) in [5.41, 5.74) is 1.50. The molecule has 0 saturated heterocycles. The van der Waals surface area contributed by atoms with Crippen LogP contribution in [0.3, 0.4) is 0 Å². The van der Waals surface area contributed by atoms with Gasteiger partial charge in [0, 0.05) is 5.56 Å². The number of hydrogen-bond donors (Lipinski definition) is 3. The van der Waals surface area contributed by atoms with Crippen LogP contribution in [0.25, 0.3) is 0 Å². The summed E-state index contributed by atoms with van der Waals surface area (Å²) in [4.78, 5) is 12.4. The Balaban J connectivity index is 1.81. The smallest absolute Gasteiger partial charge is 0.345 e. The van der Waals surface area contributed by atoms with Gasteiger partial charge in [0.25, 0.3) is 5.91 Å². The van der Waals surface area contributed by atoms with E-state index in [1.165, 1.54) is 12.1 Å². The molecule has 1 heterocycles. The molecule has 0 aromatic heterocycles. The van der Waals surface area contributed by atoms with E-state index in [0.29, 0.717) is 0 Å². The standard InChI is InChI=1S/C16H15F3N4O/c1-9-4-2-7-12-13(9)22-15(21-12)23(20)14(24)10-5-3-6-11(8-10)16(17,18)19/h2-8,15,21-22H,20H2,1H3. The van der Waals surface area contributed by atoms with Crippen molar-refractivity contribution in [1.29, 1.82) is 0 Å². The number of anilines is 2. The summed E-state index contributed by atoms with van der Waals surface area (Å²) in [5, 5.41) is 6.90. The van der Waals surface area contributed by atoms with Crippen LogP contribution in [0, 0.1) is 6.92 Å². The summed E-state index contributed by atoms with van der Waals surface area (Å²) in [6, 6.07) is 9.73. The molecule has 126 valence electrons. The Hall–Kier alpha value is -2.74. The van der Waals surface area contributed by atoms with Crippen molar-refractivity contribution in [2.75, 3.05) is 10.6 Å². The van der Waals surface area contributed by atoms with Crippen LogP contribution in [-0.2, 0) is 6.18 Å². The number of alkyl halides is 3. The van der Waals surface area contributed by atoms with Gasteiger partial charge in [-0.3, -0.25) is 4.79 Å². The molecule has 24 heavy (non-hydrogen) atoms. The largest absolute Gasteiger partial charge is 0.416 e. The predicted octanol–water partition coefficient (Wildman–Crippen LogP) is 3.15. The molecule has 1 atom stereocenters. The summed E-state index contributed by atoms with van der Waals surface area (Å²) < 4.78 is 38.3. The molecule has 1 unspecified atom stereocenters. The molecule has 3 rings (SSSR count). The van der Waals surface area contributed by atoms with Crippen LogP contribution in [0.1, 0.15) is 21.5 Å². The zero-order valence-electron chi connectivity index (χ0n) is 12.7. The number of rotatable bonds is 2. The Labute approximate surface area is 136 Å². The number of hydrogen-bond acceptors (Lipinski definition) is 4. The molecule has 4 N–H and O–H groups in total. The molecule has 0 fully saturated rings. The van der Waals surface area contributed by atoms with Gasteiger partial charge in [0.05, 0.1) is 16.9 Å². The molecular weight excluding hydrogens is 321 g/mol. The molecule has 2 aromatic carbocycles. The molecular formula is C16H15F3N4O. The van der Waals surface area contributed by atoms with Crippen LogP contribution in [0.2, 0.25) is 0 Å². The van der Waals surface area contributed by atoms with Crippen molar-refractivity contribution in [1.82, 2.24) is 5.01 Å². The third-order valence-electron chi connectivity index (χ3n) is 3.80. The van der Waals surface area contributed by atoms with Gasteiger partial charge in [0.15, 0.2) is 6.29 Å². The maximum Gasteiger partial charge on any atom is 0.416 e. The fraction of sp³-hybridized carbons (Fsp3) is 0.188. The minimum Gasteiger partial charge on any atom is -0.345 e. The number of nitrogens with two attached hydrogens (primary N) is 1. The summed E-state index contributed by atoms with van der Waals surface area (Å²) in [6.07, 6.45) is -5.27. The minimum atomic E-state index is -4.52. The minimum absolute atomic E-state index is 0.136. The van der Waals surface area contributed by atoms with Crippen molar-refractivity contribution in [3.63, 3.8) is 0 Å². The maximum atomic E-state index is 12.8. The fourth-order valence-corrected chi connectivity index (χ4v) is 2.53. The Kier molecular flexibility index (Phi) is 3.84. The Morgan fingerprint density at radius 3 is 2.54 bits per heavy atom. The summed E-state index contributed by atoms with van der Waals surface area (Å²) in [7, 11) is 0. The Bertz CT molecular complexity index is 791. The SMILES string of the molecule is Cc1cccc2c1NC(N(N)C(=O)c1cccc(C(F)(F)F)c1)N2. The molecule has 1 aliphatic rings. The van der Waals surface area contributed by atoms with Crippen molar-refractivity contribution in [3.05, 3.63) is 59.2 Å². The van der Waals surface area contributed by atoms with Gasteiger partial charge in [0.1, 0.15) is 0 Å². The van der Waals surface area contributed by atoms with Crippen LogP contribution in [0.15, 0.2) is 42.5 Å². The molecule has 0 spiro atoms. The molecule has 0 radical (unpaired) electrons. The predicted molar refractivity (Wildman–Crippen MR) is 84.0 cm³/mol.